The van der Waals surface area contributed by atoms with E-state index in [1.807, 2.05) is 38.1 Å². The van der Waals surface area contributed by atoms with Crippen molar-refractivity contribution in [2.45, 2.75) is 26.5 Å². The molecule has 1 atom stereocenters. The molecule has 1 amide bonds. The van der Waals surface area contributed by atoms with Crippen LogP contribution in [0.3, 0.4) is 0 Å². The van der Waals surface area contributed by atoms with Crippen LogP contribution in [0.5, 0.6) is 0 Å². The predicted octanol–water partition coefficient (Wildman–Crippen LogP) is 3.97. The minimum atomic E-state index is -0.278. The van der Waals surface area contributed by atoms with Crippen LogP contribution in [0.15, 0.2) is 45.2 Å². The number of para-hydroxylation sites is 1. The highest BCUT2D eigenvalue weighted by Gasteiger charge is 2.20. The van der Waals surface area contributed by atoms with Crippen molar-refractivity contribution in [1.82, 2.24) is 5.32 Å². The highest BCUT2D eigenvalue weighted by molar-refractivity contribution is 5.92. The molecule has 3 aromatic rings. The molecule has 120 valence electrons. The molecule has 1 N–H and O–H groups in total. The normalized spacial score (nSPS) is 12.5. The molecule has 0 radical (unpaired) electrons. The number of ether oxygens (including phenoxy) is 1. The first-order valence-corrected chi connectivity index (χ1v) is 7.46. The van der Waals surface area contributed by atoms with E-state index in [0.717, 1.165) is 22.3 Å². The van der Waals surface area contributed by atoms with Gasteiger partial charge < -0.3 is 18.9 Å². The topological polar surface area (TPSA) is 64.6 Å². The Hall–Kier alpha value is -2.53. The zero-order chi connectivity index (χ0) is 16.4. The number of benzene rings is 1. The Morgan fingerprint density at radius 3 is 2.74 bits per heavy atom. The Balaban J connectivity index is 1.78. The fraction of sp³-hybridized carbons (Fsp3) is 0.278. The lowest BCUT2D eigenvalue weighted by molar-refractivity contribution is 0.0899. The van der Waals surface area contributed by atoms with Crippen LogP contribution in [0.1, 0.15) is 40.6 Å². The first kappa shape index (κ1) is 15.4. The average Bonchev–Trinajstić information content (AvgIpc) is 3.13. The van der Waals surface area contributed by atoms with Gasteiger partial charge in [0.2, 0.25) is 0 Å². The van der Waals surface area contributed by atoms with Gasteiger partial charge in [0.1, 0.15) is 23.7 Å². The van der Waals surface area contributed by atoms with Gasteiger partial charge in [0, 0.05) is 18.1 Å². The number of fused-ring (bicyclic) bond motifs is 1. The smallest absolute Gasteiger partial charge is 0.287 e. The number of carbonyl (C=O) groups excluding carboxylic acids is 1. The molecule has 5 heteroatoms. The molecule has 1 aromatic carbocycles. The molecule has 0 aliphatic carbocycles. The lowest BCUT2D eigenvalue weighted by Gasteiger charge is -2.11. The number of aryl methyl sites for hydroxylation is 1. The van der Waals surface area contributed by atoms with E-state index >= 15 is 0 Å². The van der Waals surface area contributed by atoms with E-state index in [0.29, 0.717) is 12.4 Å². The SMILES string of the molecule is COCc1ccc(C(=O)NC(C)c2oc3ccccc3c2C)o1. The number of amides is 1. The molecule has 0 aliphatic rings. The van der Waals surface area contributed by atoms with Crippen molar-refractivity contribution < 1.29 is 18.4 Å². The molecule has 2 heterocycles. The number of hydrogen-bond acceptors (Lipinski definition) is 4. The summed E-state index contributed by atoms with van der Waals surface area (Å²) in [6.45, 7) is 4.22. The quantitative estimate of drug-likeness (QED) is 0.774. The van der Waals surface area contributed by atoms with Gasteiger partial charge in [0.25, 0.3) is 5.91 Å². The summed E-state index contributed by atoms with van der Waals surface area (Å²) >= 11 is 0. The van der Waals surface area contributed by atoms with E-state index in [1.54, 1.807) is 19.2 Å². The Kier molecular flexibility index (Phi) is 4.21. The van der Waals surface area contributed by atoms with E-state index in [-0.39, 0.29) is 17.7 Å². The third-order valence-corrected chi connectivity index (χ3v) is 3.79. The van der Waals surface area contributed by atoms with E-state index in [1.165, 1.54) is 0 Å². The Labute approximate surface area is 134 Å². The maximum atomic E-state index is 12.3. The number of rotatable bonds is 5. The Morgan fingerprint density at radius 1 is 1.22 bits per heavy atom. The molecule has 0 fully saturated rings. The van der Waals surface area contributed by atoms with Crippen molar-refractivity contribution in [1.29, 1.82) is 0 Å². The van der Waals surface area contributed by atoms with Gasteiger partial charge in [-0.2, -0.15) is 0 Å². The summed E-state index contributed by atoms with van der Waals surface area (Å²) in [5.74, 6) is 1.35. The van der Waals surface area contributed by atoms with Crippen LogP contribution in [-0.2, 0) is 11.3 Å². The van der Waals surface area contributed by atoms with Gasteiger partial charge in [0.05, 0.1) is 6.04 Å². The first-order chi connectivity index (χ1) is 11.1. The largest absolute Gasteiger partial charge is 0.459 e. The maximum absolute atomic E-state index is 12.3. The zero-order valence-electron chi connectivity index (χ0n) is 13.4. The zero-order valence-corrected chi connectivity index (χ0v) is 13.4. The number of nitrogens with one attached hydrogen (secondary N) is 1. The van der Waals surface area contributed by atoms with Crippen LogP contribution < -0.4 is 5.32 Å². The monoisotopic (exact) mass is 313 g/mol. The summed E-state index contributed by atoms with van der Waals surface area (Å²) in [4.78, 5) is 12.3. The van der Waals surface area contributed by atoms with E-state index < -0.39 is 0 Å². The number of furan rings is 2. The standard InChI is InChI=1S/C18H19NO4/c1-11-14-6-4-5-7-15(14)23-17(11)12(2)19-18(20)16-9-8-13(22-16)10-21-3/h4-9,12H,10H2,1-3H3,(H,19,20). The van der Waals surface area contributed by atoms with Gasteiger partial charge in [-0.1, -0.05) is 18.2 Å². The van der Waals surface area contributed by atoms with Crippen LogP contribution in [0.4, 0.5) is 0 Å². The summed E-state index contributed by atoms with van der Waals surface area (Å²) in [5, 5.41) is 3.96. The van der Waals surface area contributed by atoms with Crippen molar-refractivity contribution in [2.24, 2.45) is 0 Å². The summed E-state index contributed by atoms with van der Waals surface area (Å²) in [7, 11) is 1.58. The minimum absolute atomic E-state index is 0.258. The third-order valence-electron chi connectivity index (χ3n) is 3.79. The van der Waals surface area contributed by atoms with Crippen LogP contribution in [0.2, 0.25) is 0 Å². The third kappa shape index (κ3) is 3.00. The van der Waals surface area contributed by atoms with Crippen molar-refractivity contribution >= 4 is 16.9 Å². The number of methoxy groups -OCH3 is 1. The van der Waals surface area contributed by atoms with Crippen LogP contribution in [0, 0.1) is 6.92 Å². The summed E-state index contributed by atoms with van der Waals surface area (Å²) < 4.78 is 16.3. The molecule has 0 saturated heterocycles. The second-order valence-electron chi connectivity index (χ2n) is 5.48. The van der Waals surface area contributed by atoms with Gasteiger partial charge in [-0.25, -0.2) is 0 Å². The Bertz CT molecular complexity index is 831. The van der Waals surface area contributed by atoms with Crippen molar-refractivity contribution in [3.63, 3.8) is 0 Å². The molecule has 5 nitrogen and oxygen atoms in total. The molecule has 2 aromatic heterocycles. The molecule has 3 rings (SSSR count). The van der Waals surface area contributed by atoms with Crippen LogP contribution >= 0.6 is 0 Å². The van der Waals surface area contributed by atoms with Gasteiger partial charge in [-0.15, -0.1) is 0 Å². The lowest BCUT2D eigenvalue weighted by atomic mass is 10.1. The first-order valence-electron chi connectivity index (χ1n) is 7.46. The van der Waals surface area contributed by atoms with Crippen LogP contribution in [0.25, 0.3) is 11.0 Å². The molecule has 0 saturated carbocycles. The van der Waals surface area contributed by atoms with Crippen molar-refractivity contribution in [2.75, 3.05) is 7.11 Å². The number of hydrogen-bond donors (Lipinski definition) is 1. The predicted molar refractivity (Wildman–Crippen MR) is 86.3 cm³/mol. The second-order valence-corrected chi connectivity index (χ2v) is 5.48. The van der Waals surface area contributed by atoms with Crippen molar-refractivity contribution in [3.8, 4) is 0 Å². The highest BCUT2D eigenvalue weighted by atomic mass is 16.5. The molecular formula is C18H19NO4. The second kappa shape index (κ2) is 6.30. The van der Waals surface area contributed by atoms with Crippen molar-refractivity contribution in [3.05, 3.63) is 59.2 Å². The van der Waals surface area contributed by atoms with Gasteiger partial charge in [0.15, 0.2) is 5.76 Å². The van der Waals surface area contributed by atoms with Gasteiger partial charge in [-0.05, 0) is 32.0 Å². The summed E-state index contributed by atoms with van der Waals surface area (Å²) in [6, 6.07) is 10.9. The van der Waals surface area contributed by atoms with E-state index in [9.17, 15) is 4.79 Å². The van der Waals surface area contributed by atoms with Gasteiger partial charge in [-0.3, -0.25) is 4.79 Å². The van der Waals surface area contributed by atoms with Crippen LogP contribution in [-0.4, -0.2) is 13.0 Å². The summed E-state index contributed by atoms with van der Waals surface area (Å²) in [6.07, 6.45) is 0. The maximum Gasteiger partial charge on any atom is 0.287 e. The molecular weight excluding hydrogens is 294 g/mol. The molecule has 0 bridgehead atoms. The lowest BCUT2D eigenvalue weighted by Crippen LogP contribution is -2.26. The molecule has 0 aliphatic heterocycles. The average molecular weight is 313 g/mol. The fourth-order valence-electron chi connectivity index (χ4n) is 2.66. The number of carbonyl (C=O) groups is 1. The van der Waals surface area contributed by atoms with Gasteiger partial charge >= 0.3 is 0 Å². The fourth-order valence-corrected chi connectivity index (χ4v) is 2.66. The van der Waals surface area contributed by atoms with E-state index in [2.05, 4.69) is 5.32 Å². The summed E-state index contributed by atoms with van der Waals surface area (Å²) in [5.41, 5.74) is 1.86. The molecule has 23 heavy (non-hydrogen) atoms. The Morgan fingerprint density at radius 2 is 2.00 bits per heavy atom. The molecule has 1 unspecified atom stereocenters. The minimum Gasteiger partial charge on any atom is -0.459 e. The highest BCUT2D eigenvalue weighted by Crippen LogP contribution is 2.29. The van der Waals surface area contributed by atoms with E-state index in [4.69, 9.17) is 13.6 Å². The molecule has 0 spiro atoms.